The van der Waals surface area contributed by atoms with Crippen LogP contribution in [-0.2, 0) is 10.3 Å². The van der Waals surface area contributed by atoms with Crippen molar-refractivity contribution in [3.63, 3.8) is 0 Å². The van der Waals surface area contributed by atoms with E-state index in [-0.39, 0.29) is 0 Å². The molecule has 1 saturated carbocycles. The van der Waals surface area contributed by atoms with E-state index < -0.39 is 5.54 Å². The van der Waals surface area contributed by atoms with E-state index in [4.69, 9.17) is 4.74 Å². The van der Waals surface area contributed by atoms with Gasteiger partial charge in [-0.1, -0.05) is 30.3 Å². The normalized spacial score (nSPS) is 17.4. The standard InChI is InChI=1S/C17H25N3O/c1-20(11-6-12-21-2)14-17(13-18,19-16-9-10-16)15-7-4-3-5-8-15/h3-5,7-8,16,19H,6,9-12,14H2,1-2H3. The lowest BCUT2D eigenvalue weighted by Gasteiger charge is -2.33. The maximum absolute atomic E-state index is 9.86. The first kappa shape index (κ1) is 16.0. The summed E-state index contributed by atoms with van der Waals surface area (Å²) in [7, 11) is 3.79. The Bertz CT molecular complexity index is 467. The average molecular weight is 287 g/mol. The van der Waals surface area contributed by atoms with Crippen LogP contribution in [0.4, 0.5) is 0 Å². The third kappa shape index (κ3) is 4.53. The Morgan fingerprint density at radius 2 is 2.10 bits per heavy atom. The van der Waals surface area contributed by atoms with Crippen LogP contribution in [0.15, 0.2) is 30.3 Å². The third-order valence-corrected chi connectivity index (χ3v) is 3.88. The number of nitrogens with zero attached hydrogens (tertiary/aromatic N) is 2. The van der Waals surface area contributed by atoms with Crippen LogP contribution >= 0.6 is 0 Å². The van der Waals surface area contributed by atoms with Crippen molar-refractivity contribution in [2.75, 3.05) is 33.9 Å². The van der Waals surface area contributed by atoms with E-state index in [2.05, 4.69) is 23.3 Å². The van der Waals surface area contributed by atoms with E-state index in [0.717, 1.165) is 25.1 Å². The van der Waals surface area contributed by atoms with E-state index in [0.29, 0.717) is 12.6 Å². The molecule has 21 heavy (non-hydrogen) atoms. The monoisotopic (exact) mass is 287 g/mol. The fraction of sp³-hybridized carbons (Fsp3) is 0.588. The number of benzene rings is 1. The molecule has 1 unspecified atom stereocenters. The quantitative estimate of drug-likeness (QED) is 0.707. The molecule has 1 aromatic carbocycles. The van der Waals surface area contributed by atoms with Gasteiger partial charge in [0.05, 0.1) is 6.07 Å². The molecule has 1 N–H and O–H groups in total. The van der Waals surface area contributed by atoms with Gasteiger partial charge in [-0.25, -0.2) is 0 Å². The van der Waals surface area contributed by atoms with Crippen LogP contribution in [-0.4, -0.2) is 44.8 Å². The first-order chi connectivity index (χ1) is 10.2. The maximum Gasteiger partial charge on any atom is 0.145 e. The summed E-state index contributed by atoms with van der Waals surface area (Å²) in [4.78, 5) is 2.21. The maximum atomic E-state index is 9.86. The highest BCUT2D eigenvalue weighted by molar-refractivity contribution is 5.32. The molecule has 114 valence electrons. The molecule has 0 saturated heterocycles. The van der Waals surface area contributed by atoms with Gasteiger partial charge in [-0.15, -0.1) is 0 Å². The van der Waals surface area contributed by atoms with E-state index >= 15 is 0 Å². The topological polar surface area (TPSA) is 48.3 Å². The minimum atomic E-state index is -0.621. The van der Waals surface area contributed by atoms with Crippen molar-refractivity contribution in [3.8, 4) is 6.07 Å². The van der Waals surface area contributed by atoms with Gasteiger partial charge in [-0.2, -0.15) is 5.26 Å². The van der Waals surface area contributed by atoms with Crippen LogP contribution < -0.4 is 5.32 Å². The van der Waals surface area contributed by atoms with Gasteiger partial charge in [-0.05, 0) is 31.9 Å². The zero-order chi connectivity index (χ0) is 15.1. The average Bonchev–Trinajstić information content (AvgIpc) is 3.31. The molecule has 1 aromatic rings. The second-order valence-electron chi connectivity index (χ2n) is 5.89. The molecule has 0 aromatic heterocycles. The molecule has 0 heterocycles. The summed E-state index contributed by atoms with van der Waals surface area (Å²) in [6, 6.07) is 13.1. The van der Waals surface area contributed by atoms with Gasteiger partial charge in [-0.3, -0.25) is 5.32 Å². The summed E-state index contributed by atoms with van der Waals surface area (Å²) >= 11 is 0. The summed E-state index contributed by atoms with van der Waals surface area (Å²) in [6.45, 7) is 2.37. The lowest BCUT2D eigenvalue weighted by atomic mass is 9.90. The van der Waals surface area contributed by atoms with Crippen LogP contribution in [0.25, 0.3) is 0 Å². The molecular formula is C17H25N3O. The predicted molar refractivity (Wildman–Crippen MR) is 83.9 cm³/mol. The molecule has 1 aliphatic carbocycles. The number of ether oxygens (including phenoxy) is 1. The van der Waals surface area contributed by atoms with E-state index in [1.165, 1.54) is 12.8 Å². The Kier molecular flexibility index (Phi) is 5.75. The van der Waals surface area contributed by atoms with Crippen molar-refractivity contribution in [2.45, 2.75) is 30.8 Å². The Hall–Kier alpha value is -1.41. The van der Waals surface area contributed by atoms with Gasteiger partial charge >= 0.3 is 0 Å². The van der Waals surface area contributed by atoms with Crippen molar-refractivity contribution < 1.29 is 4.74 Å². The van der Waals surface area contributed by atoms with Crippen molar-refractivity contribution in [3.05, 3.63) is 35.9 Å². The number of methoxy groups -OCH3 is 1. The number of likely N-dealkylation sites (N-methyl/N-ethyl adjacent to an activating group) is 1. The van der Waals surface area contributed by atoms with Gasteiger partial charge in [0.25, 0.3) is 0 Å². The number of hydrogen-bond donors (Lipinski definition) is 1. The number of nitrogens with one attached hydrogen (secondary N) is 1. The second kappa shape index (κ2) is 7.56. The predicted octanol–water partition coefficient (Wildman–Crippen LogP) is 2.13. The first-order valence-electron chi connectivity index (χ1n) is 7.62. The fourth-order valence-corrected chi connectivity index (χ4v) is 2.61. The summed E-state index contributed by atoms with van der Waals surface area (Å²) in [5, 5.41) is 13.4. The summed E-state index contributed by atoms with van der Waals surface area (Å²) in [6.07, 6.45) is 3.32. The lowest BCUT2D eigenvalue weighted by molar-refractivity contribution is 0.170. The minimum Gasteiger partial charge on any atom is -0.385 e. The fourth-order valence-electron chi connectivity index (χ4n) is 2.61. The lowest BCUT2D eigenvalue weighted by Crippen LogP contribution is -2.50. The molecule has 0 radical (unpaired) electrons. The molecule has 1 aliphatic rings. The molecule has 1 fully saturated rings. The van der Waals surface area contributed by atoms with E-state index in [9.17, 15) is 5.26 Å². The van der Waals surface area contributed by atoms with Crippen LogP contribution in [0.2, 0.25) is 0 Å². The summed E-state index contributed by atoms with van der Waals surface area (Å²) < 4.78 is 5.10. The number of nitriles is 1. The first-order valence-corrected chi connectivity index (χ1v) is 7.62. The molecular weight excluding hydrogens is 262 g/mol. The Balaban J connectivity index is 2.09. The van der Waals surface area contributed by atoms with Gasteiger partial charge in [0.1, 0.15) is 5.54 Å². The zero-order valence-corrected chi connectivity index (χ0v) is 13.0. The van der Waals surface area contributed by atoms with Gasteiger partial charge in [0, 0.05) is 32.8 Å². The summed E-state index contributed by atoms with van der Waals surface area (Å²) in [5.41, 5.74) is 0.433. The van der Waals surface area contributed by atoms with Crippen LogP contribution in [0, 0.1) is 11.3 Å². The largest absolute Gasteiger partial charge is 0.385 e. The van der Waals surface area contributed by atoms with Crippen LogP contribution in [0.3, 0.4) is 0 Å². The van der Waals surface area contributed by atoms with E-state index in [1.807, 2.05) is 30.3 Å². The molecule has 4 nitrogen and oxygen atoms in total. The SMILES string of the molecule is COCCCN(C)CC(C#N)(NC1CC1)c1ccccc1. The Labute approximate surface area is 127 Å². The van der Waals surface area contributed by atoms with Gasteiger partial charge < -0.3 is 9.64 Å². The molecule has 0 aliphatic heterocycles. The Morgan fingerprint density at radius 1 is 1.38 bits per heavy atom. The number of hydrogen-bond acceptors (Lipinski definition) is 4. The molecule has 0 bridgehead atoms. The Morgan fingerprint density at radius 3 is 2.67 bits per heavy atom. The highest BCUT2D eigenvalue weighted by Gasteiger charge is 2.38. The molecule has 1 atom stereocenters. The van der Waals surface area contributed by atoms with E-state index in [1.54, 1.807) is 7.11 Å². The molecule has 4 heteroatoms. The highest BCUT2D eigenvalue weighted by atomic mass is 16.5. The summed E-state index contributed by atoms with van der Waals surface area (Å²) in [5.74, 6) is 0. The van der Waals surface area contributed by atoms with Crippen molar-refractivity contribution in [1.82, 2.24) is 10.2 Å². The smallest absolute Gasteiger partial charge is 0.145 e. The molecule has 2 rings (SSSR count). The number of rotatable bonds is 9. The van der Waals surface area contributed by atoms with Crippen molar-refractivity contribution in [1.29, 1.82) is 5.26 Å². The van der Waals surface area contributed by atoms with Crippen molar-refractivity contribution in [2.24, 2.45) is 0 Å². The van der Waals surface area contributed by atoms with Crippen LogP contribution in [0.5, 0.6) is 0 Å². The highest BCUT2D eigenvalue weighted by Crippen LogP contribution is 2.29. The van der Waals surface area contributed by atoms with Crippen molar-refractivity contribution >= 4 is 0 Å². The second-order valence-corrected chi connectivity index (χ2v) is 5.89. The molecule has 0 spiro atoms. The molecule has 0 amide bonds. The van der Waals surface area contributed by atoms with Gasteiger partial charge in [0.2, 0.25) is 0 Å². The van der Waals surface area contributed by atoms with Crippen LogP contribution in [0.1, 0.15) is 24.8 Å². The minimum absolute atomic E-state index is 0.484. The third-order valence-electron chi connectivity index (χ3n) is 3.88. The van der Waals surface area contributed by atoms with Gasteiger partial charge in [0.15, 0.2) is 0 Å². The zero-order valence-electron chi connectivity index (χ0n) is 13.0.